The number of amides is 1. The number of nitrogens with one attached hydrogen (secondary N) is 1. The molecule has 2 aromatic rings. The van der Waals surface area contributed by atoms with E-state index in [2.05, 4.69) is 10.5 Å². The Labute approximate surface area is 133 Å². The molecule has 0 aliphatic carbocycles. The van der Waals surface area contributed by atoms with Crippen LogP contribution in [0.25, 0.3) is 0 Å². The quantitative estimate of drug-likeness (QED) is 0.656. The minimum atomic E-state index is -0.364. The minimum Gasteiger partial charge on any atom is -0.496 e. The van der Waals surface area contributed by atoms with Crippen LogP contribution >= 0.6 is 0 Å². The number of nitrogens with zero attached hydrogens (tertiary/aromatic N) is 2. The van der Waals surface area contributed by atoms with Gasteiger partial charge in [-0.2, -0.15) is 5.26 Å². The maximum atomic E-state index is 11.7. The lowest BCUT2D eigenvalue weighted by atomic mass is 10.2. The van der Waals surface area contributed by atoms with Gasteiger partial charge in [-0.05, 0) is 30.3 Å². The van der Waals surface area contributed by atoms with Crippen molar-refractivity contribution in [1.82, 2.24) is 0 Å². The Morgan fingerprint density at radius 1 is 1.30 bits per heavy atom. The van der Waals surface area contributed by atoms with Crippen molar-refractivity contribution in [3.63, 3.8) is 0 Å². The fourth-order valence-electron chi connectivity index (χ4n) is 1.83. The SMILES string of the molecule is COc1ccccc1/C=N\OCC(=O)Nc1cccc(C#N)c1. The van der Waals surface area contributed by atoms with Crippen LogP contribution in [-0.2, 0) is 9.63 Å². The number of carbonyl (C=O) groups excluding carboxylic acids is 1. The zero-order chi connectivity index (χ0) is 16.5. The molecule has 0 bridgehead atoms. The van der Waals surface area contributed by atoms with Crippen molar-refractivity contribution in [1.29, 1.82) is 5.26 Å². The second-order valence-electron chi connectivity index (χ2n) is 4.49. The van der Waals surface area contributed by atoms with Crippen molar-refractivity contribution in [2.45, 2.75) is 0 Å². The molecule has 0 saturated carbocycles. The highest BCUT2D eigenvalue weighted by Crippen LogP contribution is 2.14. The van der Waals surface area contributed by atoms with Gasteiger partial charge in [0, 0.05) is 11.3 Å². The van der Waals surface area contributed by atoms with Gasteiger partial charge < -0.3 is 14.9 Å². The average Bonchev–Trinajstić information content (AvgIpc) is 2.59. The summed E-state index contributed by atoms with van der Waals surface area (Å²) in [6.07, 6.45) is 1.47. The molecule has 0 heterocycles. The molecule has 1 N–H and O–H groups in total. The molecule has 0 saturated heterocycles. The van der Waals surface area contributed by atoms with Gasteiger partial charge in [-0.1, -0.05) is 23.4 Å². The van der Waals surface area contributed by atoms with Crippen LogP contribution in [0, 0.1) is 11.3 Å². The second-order valence-corrected chi connectivity index (χ2v) is 4.49. The van der Waals surface area contributed by atoms with Gasteiger partial charge in [0.2, 0.25) is 0 Å². The zero-order valence-electron chi connectivity index (χ0n) is 12.5. The smallest absolute Gasteiger partial charge is 0.265 e. The molecule has 6 heteroatoms. The van der Waals surface area contributed by atoms with E-state index < -0.39 is 0 Å². The first-order valence-corrected chi connectivity index (χ1v) is 6.81. The molecule has 0 atom stereocenters. The van der Waals surface area contributed by atoms with Crippen molar-refractivity contribution in [2.24, 2.45) is 5.16 Å². The second kappa shape index (κ2) is 8.20. The molecule has 0 unspecified atom stereocenters. The summed E-state index contributed by atoms with van der Waals surface area (Å²) in [6, 6.07) is 15.9. The van der Waals surface area contributed by atoms with E-state index in [0.717, 1.165) is 5.56 Å². The standard InChI is InChI=1S/C17H15N3O3/c1-22-16-8-3-2-6-14(16)11-19-23-12-17(21)20-15-7-4-5-13(9-15)10-18/h2-9,11H,12H2,1H3,(H,20,21)/b19-11-. The third kappa shape index (κ3) is 4.86. The summed E-state index contributed by atoms with van der Waals surface area (Å²) in [5, 5.41) is 15.2. The normalized spacial score (nSPS) is 10.1. The highest BCUT2D eigenvalue weighted by Gasteiger charge is 2.03. The Balaban J connectivity index is 1.85. The molecule has 116 valence electrons. The Morgan fingerprint density at radius 3 is 2.91 bits per heavy atom. The molecule has 1 amide bonds. The van der Waals surface area contributed by atoms with Crippen molar-refractivity contribution < 1.29 is 14.4 Å². The van der Waals surface area contributed by atoms with Crippen LogP contribution in [0.15, 0.2) is 53.7 Å². The monoisotopic (exact) mass is 309 g/mol. The van der Waals surface area contributed by atoms with Gasteiger partial charge in [-0.15, -0.1) is 0 Å². The van der Waals surface area contributed by atoms with E-state index in [0.29, 0.717) is 17.0 Å². The molecule has 6 nitrogen and oxygen atoms in total. The molecular formula is C17H15N3O3. The van der Waals surface area contributed by atoms with Gasteiger partial charge in [0.05, 0.1) is 25.0 Å². The summed E-state index contributed by atoms with van der Waals surface area (Å²) in [4.78, 5) is 16.7. The number of carbonyl (C=O) groups is 1. The summed E-state index contributed by atoms with van der Waals surface area (Å²) in [7, 11) is 1.57. The molecule has 2 rings (SSSR count). The molecule has 0 spiro atoms. The van der Waals surface area contributed by atoms with Crippen molar-refractivity contribution >= 4 is 17.8 Å². The molecule has 23 heavy (non-hydrogen) atoms. The summed E-state index contributed by atoms with van der Waals surface area (Å²) in [6.45, 7) is -0.234. The molecular weight excluding hydrogens is 294 g/mol. The zero-order valence-corrected chi connectivity index (χ0v) is 12.5. The predicted molar refractivity (Wildman–Crippen MR) is 86.3 cm³/mol. The highest BCUT2D eigenvalue weighted by molar-refractivity contribution is 5.92. The molecule has 0 fully saturated rings. The third-order valence-electron chi connectivity index (χ3n) is 2.88. The first-order valence-electron chi connectivity index (χ1n) is 6.81. The number of anilines is 1. The fourth-order valence-corrected chi connectivity index (χ4v) is 1.83. The van der Waals surface area contributed by atoms with Gasteiger partial charge in [0.1, 0.15) is 5.75 Å². The Morgan fingerprint density at radius 2 is 2.13 bits per heavy atom. The predicted octanol–water partition coefficient (Wildman–Crippen LogP) is 2.56. The molecule has 0 aliphatic heterocycles. The first-order chi connectivity index (χ1) is 11.2. The summed E-state index contributed by atoms with van der Waals surface area (Å²) in [5.41, 5.74) is 1.75. The number of ether oxygens (including phenoxy) is 1. The van der Waals surface area contributed by atoms with Gasteiger partial charge in [-0.25, -0.2) is 0 Å². The van der Waals surface area contributed by atoms with Crippen molar-refractivity contribution in [3.8, 4) is 11.8 Å². The Bertz CT molecular complexity index is 751. The average molecular weight is 309 g/mol. The van der Waals surface area contributed by atoms with Crippen molar-refractivity contribution in [2.75, 3.05) is 19.0 Å². The summed E-state index contributed by atoms with van der Waals surface area (Å²) < 4.78 is 5.17. The van der Waals surface area contributed by atoms with Crippen LogP contribution in [0.4, 0.5) is 5.69 Å². The highest BCUT2D eigenvalue weighted by atomic mass is 16.6. The van der Waals surface area contributed by atoms with E-state index in [9.17, 15) is 4.79 Å². The topological polar surface area (TPSA) is 83.7 Å². The molecule has 0 radical (unpaired) electrons. The summed E-state index contributed by atoms with van der Waals surface area (Å²) >= 11 is 0. The fraction of sp³-hybridized carbons (Fsp3) is 0.118. The number of hydrogen-bond donors (Lipinski definition) is 1. The van der Waals surface area contributed by atoms with Crippen LogP contribution in [0.3, 0.4) is 0 Å². The Hall–Kier alpha value is -3.33. The van der Waals surface area contributed by atoms with Gasteiger partial charge in [-0.3, -0.25) is 4.79 Å². The maximum absolute atomic E-state index is 11.7. The van der Waals surface area contributed by atoms with E-state index in [1.54, 1.807) is 37.4 Å². The molecule has 0 aliphatic rings. The lowest BCUT2D eigenvalue weighted by Gasteiger charge is -2.05. The van der Waals surface area contributed by atoms with Crippen LogP contribution in [-0.4, -0.2) is 25.8 Å². The molecule has 2 aromatic carbocycles. The van der Waals surface area contributed by atoms with Crippen molar-refractivity contribution in [3.05, 3.63) is 59.7 Å². The number of methoxy groups -OCH3 is 1. The van der Waals surface area contributed by atoms with E-state index >= 15 is 0 Å². The van der Waals surface area contributed by atoms with E-state index in [4.69, 9.17) is 14.8 Å². The number of benzene rings is 2. The first kappa shape index (κ1) is 16.0. The van der Waals surface area contributed by atoms with Crippen LogP contribution in [0.2, 0.25) is 0 Å². The number of nitriles is 1. The lowest BCUT2D eigenvalue weighted by Crippen LogP contribution is -2.17. The van der Waals surface area contributed by atoms with E-state index in [-0.39, 0.29) is 12.5 Å². The minimum absolute atomic E-state index is 0.234. The van der Waals surface area contributed by atoms with Gasteiger partial charge in [0.15, 0.2) is 6.61 Å². The largest absolute Gasteiger partial charge is 0.496 e. The Kier molecular flexibility index (Phi) is 5.72. The number of oxime groups is 1. The summed E-state index contributed by atoms with van der Waals surface area (Å²) in [5.74, 6) is 0.301. The number of rotatable bonds is 6. The van der Waals surface area contributed by atoms with Crippen LogP contribution < -0.4 is 10.1 Å². The molecule has 0 aromatic heterocycles. The lowest BCUT2D eigenvalue weighted by molar-refractivity contribution is -0.120. The van der Waals surface area contributed by atoms with E-state index in [1.165, 1.54) is 6.21 Å². The van der Waals surface area contributed by atoms with Crippen LogP contribution in [0.1, 0.15) is 11.1 Å². The van der Waals surface area contributed by atoms with Gasteiger partial charge in [0.25, 0.3) is 5.91 Å². The van der Waals surface area contributed by atoms with Gasteiger partial charge >= 0.3 is 0 Å². The maximum Gasteiger partial charge on any atom is 0.265 e. The van der Waals surface area contributed by atoms with Crippen LogP contribution in [0.5, 0.6) is 5.75 Å². The third-order valence-corrected chi connectivity index (χ3v) is 2.88. The number of hydrogen-bond acceptors (Lipinski definition) is 5. The van der Waals surface area contributed by atoms with E-state index in [1.807, 2.05) is 24.3 Å². The number of para-hydroxylation sites is 1.